The third-order valence-electron chi connectivity index (χ3n) is 6.58. The minimum atomic E-state index is -0.901. The fourth-order valence-corrected chi connectivity index (χ4v) is 6.23. The summed E-state index contributed by atoms with van der Waals surface area (Å²) in [7, 11) is 1.55. The SMILES string of the molecule is CCCCOc1ccc(C2/C(=C(/O)c3ccc(OC)cc3)C(=O)C(=O)N2c2nnc(SCc3ccccc3)s2)cc1. The van der Waals surface area contributed by atoms with Crippen LogP contribution in [0.15, 0.2) is 88.8 Å². The van der Waals surface area contributed by atoms with Gasteiger partial charge in [-0.2, -0.15) is 0 Å². The molecular formula is C31H29N3O5S2. The van der Waals surface area contributed by atoms with Crippen LogP contribution in [0.5, 0.6) is 11.5 Å². The maximum Gasteiger partial charge on any atom is 0.301 e. The average Bonchev–Trinajstić information content (AvgIpc) is 3.58. The largest absolute Gasteiger partial charge is 0.507 e. The molecule has 4 aromatic rings. The Balaban J connectivity index is 1.51. The van der Waals surface area contributed by atoms with Crippen LogP contribution in [0.3, 0.4) is 0 Å². The Labute approximate surface area is 246 Å². The number of unbranched alkanes of at least 4 members (excludes halogenated alkanes) is 1. The van der Waals surface area contributed by atoms with Crippen molar-refractivity contribution < 1.29 is 24.2 Å². The van der Waals surface area contributed by atoms with Gasteiger partial charge >= 0.3 is 5.91 Å². The number of hydrogen-bond donors (Lipinski definition) is 1. The van der Waals surface area contributed by atoms with Crippen molar-refractivity contribution in [3.63, 3.8) is 0 Å². The van der Waals surface area contributed by atoms with Crippen molar-refractivity contribution in [2.75, 3.05) is 18.6 Å². The van der Waals surface area contributed by atoms with E-state index in [0.29, 0.717) is 39.3 Å². The molecule has 0 radical (unpaired) electrons. The minimum absolute atomic E-state index is 0.0199. The van der Waals surface area contributed by atoms with Crippen molar-refractivity contribution in [2.45, 2.75) is 35.9 Å². The van der Waals surface area contributed by atoms with Crippen molar-refractivity contribution in [1.82, 2.24) is 10.2 Å². The number of aliphatic hydroxyl groups excluding tert-OH is 1. The van der Waals surface area contributed by atoms with Crippen LogP contribution < -0.4 is 14.4 Å². The Morgan fingerprint density at radius 1 is 0.976 bits per heavy atom. The quantitative estimate of drug-likeness (QED) is 0.0520. The molecule has 0 aliphatic carbocycles. The van der Waals surface area contributed by atoms with Crippen molar-refractivity contribution >= 4 is 45.7 Å². The second kappa shape index (κ2) is 13.0. The lowest BCUT2D eigenvalue weighted by Crippen LogP contribution is -2.29. The monoisotopic (exact) mass is 587 g/mol. The molecule has 41 heavy (non-hydrogen) atoms. The molecule has 1 amide bonds. The van der Waals surface area contributed by atoms with E-state index in [9.17, 15) is 14.7 Å². The number of rotatable bonds is 11. The molecule has 1 fully saturated rings. The Morgan fingerprint density at radius 3 is 2.37 bits per heavy atom. The number of carbonyl (C=O) groups excluding carboxylic acids is 2. The highest BCUT2D eigenvalue weighted by Gasteiger charge is 2.48. The number of ketones is 1. The fraction of sp³-hybridized carbons (Fsp3) is 0.226. The van der Waals surface area contributed by atoms with Gasteiger partial charge in [-0.15, -0.1) is 10.2 Å². The van der Waals surface area contributed by atoms with Crippen LogP contribution >= 0.6 is 23.1 Å². The van der Waals surface area contributed by atoms with Crippen LogP contribution in [0.4, 0.5) is 5.13 Å². The molecule has 1 aliphatic heterocycles. The minimum Gasteiger partial charge on any atom is -0.507 e. The van der Waals surface area contributed by atoms with E-state index in [-0.39, 0.29) is 16.5 Å². The normalized spacial score (nSPS) is 16.2. The summed E-state index contributed by atoms with van der Waals surface area (Å²) in [4.78, 5) is 28.3. The summed E-state index contributed by atoms with van der Waals surface area (Å²) in [5.74, 6) is 0.139. The van der Waals surface area contributed by atoms with Crippen LogP contribution in [0, 0.1) is 0 Å². The molecule has 2 heterocycles. The predicted molar refractivity (Wildman–Crippen MR) is 161 cm³/mol. The summed E-state index contributed by atoms with van der Waals surface area (Å²) >= 11 is 2.74. The molecular weight excluding hydrogens is 558 g/mol. The molecule has 3 aromatic carbocycles. The highest BCUT2D eigenvalue weighted by molar-refractivity contribution is 8.00. The Bertz CT molecular complexity index is 1540. The lowest BCUT2D eigenvalue weighted by Gasteiger charge is -2.22. The number of ether oxygens (including phenoxy) is 2. The van der Waals surface area contributed by atoms with Gasteiger partial charge in [-0.1, -0.05) is 78.9 Å². The maximum absolute atomic E-state index is 13.5. The number of anilines is 1. The van der Waals surface area contributed by atoms with Gasteiger partial charge in [0, 0.05) is 11.3 Å². The van der Waals surface area contributed by atoms with Crippen LogP contribution in [0.2, 0.25) is 0 Å². The molecule has 1 saturated heterocycles. The number of carbonyl (C=O) groups is 2. The smallest absolute Gasteiger partial charge is 0.301 e. The Hall–Kier alpha value is -4.15. The van der Waals surface area contributed by atoms with Crippen LogP contribution in [-0.2, 0) is 15.3 Å². The van der Waals surface area contributed by atoms with Gasteiger partial charge < -0.3 is 14.6 Å². The third-order valence-corrected chi connectivity index (χ3v) is 8.70. The highest BCUT2D eigenvalue weighted by atomic mass is 32.2. The molecule has 1 aliphatic rings. The summed E-state index contributed by atoms with van der Waals surface area (Å²) < 4.78 is 11.7. The number of nitrogens with zero attached hydrogens (tertiary/aromatic N) is 3. The summed E-state index contributed by atoms with van der Waals surface area (Å²) in [5, 5.41) is 20.2. The van der Waals surface area contributed by atoms with E-state index in [4.69, 9.17) is 9.47 Å². The van der Waals surface area contributed by atoms with Crippen molar-refractivity contribution in [3.05, 3.63) is 101 Å². The average molecular weight is 588 g/mol. The van der Waals surface area contributed by atoms with Gasteiger partial charge in [0.1, 0.15) is 17.3 Å². The predicted octanol–water partition coefficient (Wildman–Crippen LogP) is 6.64. The number of aromatic nitrogens is 2. The molecule has 10 heteroatoms. The first-order chi connectivity index (χ1) is 20.0. The molecule has 1 unspecified atom stereocenters. The molecule has 1 N–H and O–H groups in total. The zero-order valence-corrected chi connectivity index (χ0v) is 24.3. The molecule has 0 spiro atoms. The summed E-state index contributed by atoms with van der Waals surface area (Å²) in [6.45, 7) is 2.69. The highest BCUT2D eigenvalue weighted by Crippen LogP contribution is 2.44. The lowest BCUT2D eigenvalue weighted by molar-refractivity contribution is -0.132. The standard InChI is InChI=1S/C31H29N3O5S2/c1-3-4-18-39-24-16-10-21(11-17-24)26-25(27(35)22-12-14-23(38-2)15-13-22)28(36)29(37)34(26)30-32-33-31(41-30)40-19-20-8-6-5-7-9-20/h5-17,26,35H,3-4,18-19H2,1-2H3/b27-25-. The zero-order valence-electron chi connectivity index (χ0n) is 22.6. The van der Waals surface area contributed by atoms with Gasteiger partial charge in [-0.3, -0.25) is 14.5 Å². The molecule has 0 saturated carbocycles. The maximum atomic E-state index is 13.5. The number of thioether (sulfide) groups is 1. The summed E-state index contributed by atoms with van der Waals surface area (Å²) in [5.41, 5.74) is 2.14. The first kappa shape index (κ1) is 28.4. The lowest BCUT2D eigenvalue weighted by atomic mass is 9.95. The van der Waals surface area contributed by atoms with E-state index in [0.717, 1.165) is 18.4 Å². The van der Waals surface area contributed by atoms with Crippen LogP contribution in [0.1, 0.15) is 42.5 Å². The number of Topliss-reactive ketones (excluding diaryl/α,β-unsaturated/α-hetero) is 1. The van der Waals surface area contributed by atoms with Gasteiger partial charge in [-0.05, 0) is 53.9 Å². The van der Waals surface area contributed by atoms with E-state index in [1.165, 1.54) is 28.0 Å². The first-order valence-corrected chi connectivity index (χ1v) is 15.0. The van der Waals surface area contributed by atoms with Crippen molar-refractivity contribution in [2.24, 2.45) is 0 Å². The fourth-order valence-electron chi connectivity index (χ4n) is 4.41. The van der Waals surface area contributed by atoms with Gasteiger partial charge in [0.25, 0.3) is 5.78 Å². The molecule has 0 bridgehead atoms. The number of hydrogen-bond acceptors (Lipinski definition) is 9. The van der Waals surface area contributed by atoms with Gasteiger partial charge in [0.05, 0.1) is 25.3 Å². The number of aliphatic hydroxyl groups is 1. The molecule has 1 atom stereocenters. The Kier molecular flexibility index (Phi) is 9.01. The number of benzene rings is 3. The second-order valence-electron chi connectivity index (χ2n) is 9.29. The zero-order chi connectivity index (χ0) is 28.8. The van der Waals surface area contributed by atoms with Gasteiger partial charge in [0.2, 0.25) is 5.13 Å². The number of amides is 1. The van der Waals surface area contributed by atoms with Crippen LogP contribution in [0.25, 0.3) is 5.76 Å². The number of methoxy groups -OCH3 is 1. The van der Waals surface area contributed by atoms with E-state index in [1.807, 2.05) is 30.3 Å². The summed E-state index contributed by atoms with van der Waals surface area (Å²) in [6, 6.07) is 23.0. The van der Waals surface area contributed by atoms with Gasteiger partial charge in [0.15, 0.2) is 4.34 Å². The van der Waals surface area contributed by atoms with Crippen molar-refractivity contribution in [1.29, 1.82) is 0 Å². The summed E-state index contributed by atoms with van der Waals surface area (Å²) in [6.07, 6.45) is 1.96. The van der Waals surface area contributed by atoms with E-state index >= 15 is 0 Å². The molecule has 8 nitrogen and oxygen atoms in total. The van der Waals surface area contributed by atoms with Gasteiger partial charge in [-0.25, -0.2) is 0 Å². The third kappa shape index (κ3) is 6.28. The van der Waals surface area contributed by atoms with Crippen LogP contribution in [-0.4, -0.2) is 40.7 Å². The topological polar surface area (TPSA) is 102 Å². The first-order valence-electron chi connectivity index (χ1n) is 13.2. The van der Waals surface area contributed by atoms with E-state index in [1.54, 1.807) is 55.6 Å². The molecule has 5 rings (SSSR count). The van der Waals surface area contributed by atoms with Crippen molar-refractivity contribution in [3.8, 4) is 11.5 Å². The molecule has 210 valence electrons. The molecule has 1 aromatic heterocycles. The Morgan fingerprint density at radius 2 is 1.68 bits per heavy atom. The second-order valence-corrected chi connectivity index (χ2v) is 11.5. The van der Waals surface area contributed by atoms with E-state index in [2.05, 4.69) is 17.1 Å². The van der Waals surface area contributed by atoms with E-state index < -0.39 is 17.7 Å².